The van der Waals surface area contributed by atoms with Gasteiger partial charge in [-0.05, 0) is 55.0 Å². The van der Waals surface area contributed by atoms with E-state index < -0.39 is 15.9 Å². The molecule has 0 spiro atoms. The molecule has 38 heavy (non-hydrogen) atoms. The van der Waals surface area contributed by atoms with Crippen LogP contribution in [0.15, 0.2) is 108 Å². The molecule has 0 radical (unpaired) electrons. The number of amides is 2. The lowest BCUT2D eigenvalue weighted by Gasteiger charge is -2.16. The molecule has 2 amide bonds. The normalized spacial score (nSPS) is 14.2. The summed E-state index contributed by atoms with van der Waals surface area (Å²) in [6, 6.07) is 29.9. The van der Waals surface area contributed by atoms with E-state index in [9.17, 15) is 18.0 Å². The van der Waals surface area contributed by atoms with Crippen LogP contribution in [0.4, 0.5) is 17.1 Å². The fourth-order valence-corrected chi connectivity index (χ4v) is 5.41. The largest absolute Gasteiger partial charge is 0.354 e. The van der Waals surface area contributed by atoms with Gasteiger partial charge in [0.25, 0.3) is 15.9 Å². The zero-order valence-electron chi connectivity index (χ0n) is 20.8. The van der Waals surface area contributed by atoms with Gasteiger partial charge in [0, 0.05) is 23.9 Å². The highest BCUT2D eigenvalue weighted by molar-refractivity contribution is 7.92. The first-order valence-corrected chi connectivity index (χ1v) is 13.4. The van der Waals surface area contributed by atoms with Gasteiger partial charge in [-0.25, -0.2) is 13.3 Å². The molecule has 0 aromatic heterocycles. The van der Waals surface area contributed by atoms with Gasteiger partial charge in [0.05, 0.1) is 21.9 Å². The van der Waals surface area contributed by atoms with Gasteiger partial charge in [-0.3, -0.25) is 14.3 Å². The van der Waals surface area contributed by atoms with Crippen molar-refractivity contribution in [3.05, 3.63) is 120 Å². The van der Waals surface area contributed by atoms with Crippen molar-refractivity contribution in [1.29, 1.82) is 0 Å². The highest BCUT2D eigenvalue weighted by Crippen LogP contribution is 2.41. The fourth-order valence-electron chi connectivity index (χ4n) is 4.35. The average molecular weight is 524 g/mol. The summed E-state index contributed by atoms with van der Waals surface area (Å²) in [4.78, 5) is 27.2. The Labute approximate surface area is 221 Å². The van der Waals surface area contributed by atoms with E-state index in [2.05, 4.69) is 10.0 Å². The molecule has 8 heteroatoms. The van der Waals surface area contributed by atoms with Crippen molar-refractivity contribution in [3.63, 3.8) is 0 Å². The third-order valence-corrected chi connectivity index (χ3v) is 7.59. The number of nitrogens with zero attached hydrogens (tertiary/aromatic N) is 1. The number of fused-ring (bicyclic) bond motifs is 1. The smallest absolute Gasteiger partial charge is 0.267 e. The van der Waals surface area contributed by atoms with E-state index in [0.29, 0.717) is 33.9 Å². The minimum Gasteiger partial charge on any atom is -0.354 e. The molecule has 1 aliphatic heterocycles. The average Bonchev–Trinajstić information content (AvgIpc) is 3.20. The van der Waals surface area contributed by atoms with Gasteiger partial charge in [-0.1, -0.05) is 66.2 Å². The molecule has 0 fully saturated rings. The van der Waals surface area contributed by atoms with Crippen molar-refractivity contribution in [2.75, 3.05) is 14.9 Å². The summed E-state index contributed by atoms with van der Waals surface area (Å²) in [7, 11) is -3.74. The molecular weight excluding hydrogens is 498 g/mol. The fraction of sp³-hybridized carbons (Fsp3) is 0.0667. The third kappa shape index (κ3) is 4.81. The summed E-state index contributed by atoms with van der Waals surface area (Å²) >= 11 is 0. The standard InChI is InChI=1S/C30H25N3O4S/c1-20-12-18-25(19-13-20)38(36,37)32-24-16-14-23(15-17-24)31-29(22-8-4-3-5-9-22)28-26-10-6-7-11-27(26)33(21(2)34)30(28)35/h3-19,31-32H,1-2H3. The van der Waals surface area contributed by atoms with E-state index in [4.69, 9.17) is 0 Å². The van der Waals surface area contributed by atoms with Crippen LogP contribution in [0.5, 0.6) is 0 Å². The summed E-state index contributed by atoms with van der Waals surface area (Å²) in [6.07, 6.45) is 0. The molecular formula is C30H25N3O4S. The van der Waals surface area contributed by atoms with Crippen LogP contribution in [0.25, 0.3) is 11.3 Å². The molecule has 7 nitrogen and oxygen atoms in total. The van der Waals surface area contributed by atoms with E-state index in [1.54, 1.807) is 60.7 Å². The Morgan fingerprint density at radius 3 is 2.03 bits per heavy atom. The Kier molecular flexibility index (Phi) is 6.57. The zero-order valence-corrected chi connectivity index (χ0v) is 21.6. The van der Waals surface area contributed by atoms with Crippen LogP contribution in [0, 0.1) is 6.92 Å². The number of hydrogen-bond acceptors (Lipinski definition) is 5. The van der Waals surface area contributed by atoms with Crippen molar-refractivity contribution in [2.24, 2.45) is 0 Å². The van der Waals surface area contributed by atoms with Crippen LogP contribution in [-0.2, 0) is 19.6 Å². The van der Waals surface area contributed by atoms with Crippen LogP contribution in [0.3, 0.4) is 0 Å². The molecule has 4 aromatic carbocycles. The Bertz CT molecular complexity index is 1660. The molecule has 0 saturated carbocycles. The van der Waals surface area contributed by atoms with Gasteiger partial charge in [-0.2, -0.15) is 0 Å². The Morgan fingerprint density at radius 1 is 0.763 bits per heavy atom. The number of rotatable bonds is 6. The highest BCUT2D eigenvalue weighted by Gasteiger charge is 2.37. The number of sulfonamides is 1. The van der Waals surface area contributed by atoms with Gasteiger partial charge in [0.15, 0.2) is 0 Å². The summed E-state index contributed by atoms with van der Waals surface area (Å²) in [6.45, 7) is 3.26. The second-order valence-corrected chi connectivity index (χ2v) is 10.6. The molecule has 4 aromatic rings. The molecule has 2 N–H and O–H groups in total. The van der Waals surface area contributed by atoms with E-state index in [0.717, 1.165) is 11.1 Å². The number of aryl methyl sites for hydroxylation is 1. The first-order chi connectivity index (χ1) is 18.2. The van der Waals surface area contributed by atoms with Crippen molar-refractivity contribution in [1.82, 2.24) is 0 Å². The monoisotopic (exact) mass is 523 g/mol. The van der Waals surface area contributed by atoms with Crippen molar-refractivity contribution in [2.45, 2.75) is 18.7 Å². The predicted molar refractivity (Wildman–Crippen MR) is 150 cm³/mol. The summed E-state index contributed by atoms with van der Waals surface area (Å²) in [5, 5.41) is 3.34. The first kappa shape index (κ1) is 25.0. The van der Waals surface area contributed by atoms with Gasteiger partial charge < -0.3 is 5.32 Å². The van der Waals surface area contributed by atoms with Gasteiger partial charge in [0.2, 0.25) is 5.91 Å². The highest BCUT2D eigenvalue weighted by atomic mass is 32.2. The minimum atomic E-state index is -3.74. The van der Waals surface area contributed by atoms with Gasteiger partial charge in [0.1, 0.15) is 0 Å². The summed E-state index contributed by atoms with van der Waals surface area (Å²) < 4.78 is 28.1. The van der Waals surface area contributed by atoms with E-state index in [1.807, 2.05) is 49.4 Å². The molecule has 1 heterocycles. The lowest BCUT2D eigenvalue weighted by atomic mass is 10.00. The van der Waals surface area contributed by atoms with Crippen LogP contribution in [0.1, 0.15) is 23.6 Å². The zero-order chi connectivity index (χ0) is 26.9. The summed E-state index contributed by atoms with van der Waals surface area (Å²) in [5.74, 6) is -0.775. The third-order valence-electron chi connectivity index (χ3n) is 6.20. The quantitative estimate of drug-likeness (QED) is 0.318. The second kappa shape index (κ2) is 9.99. The summed E-state index contributed by atoms with van der Waals surface area (Å²) in [5.41, 5.74) is 4.89. The molecule has 190 valence electrons. The second-order valence-electron chi connectivity index (χ2n) is 8.91. The number of nitrogens with one attached hydrogen (secondary N) is 2. The predicted octanol–water partition coefficient (Wildman–Crippen LogP) is 5.67. The maximum absolute atomic E-state index is 13.5. The topological polar surface area (TPSA) is 95.6 Å². The lowest BCUT2D eigenvalue weighted by molar-refractivity contribution is -0.122. The SMILES string of the molecule is CC(=O)N1C(=O)C(=C(Nc2ccc(NS(=O)(=O)c3ccc(C)cc3)cc2)c2ccccc2)c2ccccc21. The maximum Gasteiger partial charge on any atom is 0.267 e. The van der Waals surface area contributed by atoms with Gasteiger partial charge in [-0.15, -0.1) is 0 Å². The van der Waals surface area contributed by atoms with E-state index in [1.165, 1.54) is 11.8 Å². The molecule has 0 aliphatic carbocycles. The maximum atomic E-state index is 13.5. The number of carbonyl (C=O) groups is 2. The number of anilines is 3. The number of hydrogen-bond donors (Lipinski definition) is 2. The van der Waals surface area contributed by atoms with Crippen LogP contribution < -0.4 is 14.9 Å². The lowest BCUT2D eigenvalue weighted by Crippen LogP contribution is -2.31. The minimum absolute atomic E-state index is 0.176. The van der Waals surface area contributed by atoms with Crippen LogP contribution >= 0.6 is 0 Å². The van der Waals surface area contributed by atoms with Crippen molar-refractivity contribution < 1.29 is 18.0 Å². The molecule has 0 atom stereocenters. The van der Waals surface area contributed by atoms with E-state index >= 15 is 0 Å². The van der Waals surface area contributed by atoms with Crippen molar-refractivity contribution in [3.8, 4) is 0 Å². The number of benzene rings is 4. The van der Waals surface area contributed by atoms with Crippen molar-refractivity contribution >= 4 is 50.2 Å². The molecule has 5 rings (SSSR count). The first-order valence-electron chi connectivity index (χ1n) is 12.0. The number of para-hydroxylation sites is 1. The molecule has 0 saturated heterocycles. The Balaban J connectivity index is 1.51. The van der Waals surface area contributed by atoms with Crippen LogP contribution in [0.2, 0.25) is 0 Å². The molecule has 0 bridgehead atoms. The van der Waals surface area contributed by atoms with Crippen LogP contribution in [-0.4, -0.2) is 20.2 Å². The molecule has 1 aliphatic rings. The number of carbonyl (C=O) groups excluding carboxylic acids is 2. The van der Waals surface area contributed by atoms with E-state index in [-0.39, 0.29) is 10.8 Å². The molecule has 0 unspecified atom stereocenters. The Hall–Kier alpha value is -4.69. The van der Waals surface area contributed by atoms with Gasteiger partial charge >= 0.3 is 0 Å². The number of imide groups is 1. The Morgan fingerprint density at radius 2 is 1.37 bits per heavy atom.